The monoisotopic (exact) mass is 369 g/mol. The Morgan fingerprint density at radius 3 is 2.50 bits per heavy atom. The Morgan fingerprint density at radius 2 is 1.85 bits per heavy atom. The van der Waals surface area contributed by atoms with E-state index in [4.69, 9.17) is 16.3 Å². The molecule has 0 spiro atoms. The van der Waals surface area contributed by atoms with E-state index in [2.05, 4.69) is 25.3 Å². The van der Waals surface area contributed by atoms with Crippen molar-refractivity contribution in [3.63, 3.8) is 0 Å². The highest BCUT2D eigenvalue weighted by molar-refractivity contribution is 6.32. The number of nitrogens with one attached hydrogen (secondary N) is 1. The molecule has 0 amide bonds. The molecule has 1 N–H and O–H groups in total. The molecule has 0 aliphatic carbocycles. The maximum absolute atomic E-state index is 6.23. The van der Waals surface area contributed by atoms with Crippen LogP contribution in [0.2, 0.25) is 5.02 Å². The number of aromatic nitrogens is 4. The first kappa shape index (κ1) is 18.1. The average Bonchev–Trinajstić information content (AvgIpc) is 2.62. The normalized spacial score (nSPS) is 10.8. The van der Waals surface area contributed by atoms with Crippen molar-refractivity contribution in [1.29, 1.82) is 0 Å². The summed E-state index contributed by atoms with van der Waals surface area (Å²) in [5.74, 6) is 0.984. The van der Waals surface area contributed by atoms with Crippen LogP contribution in [0.3, 0.4) is 0 Å². The van der Waals surface area contributed by atoms with Gasteiger partial charge >= 0.3 is 0 Å². The predicted molar refractivity (Wildman–Crippen MR) is 102 cm³/mol. The minimum atomic E-state index is 0.0121. The van der Waals surface area contributed by atoms with Crippen LogP contribution in [0.25, 0.3) is 11.4 Å². The second-order valence-corrected chi connectivity index (χ2v) is 6.54. The summed E-state index contributed by atoms with van der Waals surface area (Å²) in [4.78, 5) is 17.2. The number of halogens is 1. The lowest BCUT2D eigenvalue weighted by molar-refractivity contribution is 0.233. The average molecular weight is 370 g/mol. The van der Waals surface area contributed by atoms with E-state index < -0.39 is 0 Å². The molecule has 0 fully saturated rings. The van der Waals surface area contributed by atoms with Gasteiger partial charge in [-0.15, -0.1) is 0 Å². The first-order valence-electron chi connectivity index (χ1n) is 8.31. The van der Waals surface area contributed by atoms with E-state index in [-0.39, 0.29) is 6.10 Å². The van der Waals surface area contributed by atoms with Crippen LogP contribution >= 0.6 is 11.6 Å². The van der Waals surface area contributed by atoms with E-state index >= 15 is 0 Å². The topological polar surface area (TPSA) is 72.8 Å². The van der Waals surface area contributed by atoms with Gasteiger partial charge in [0.15, 0.2) is 5.82 Å². The van der Waals surface area contributed by atoms with Gasteiger partial charge in [0.1, 0.15) is 5.02 Å². The van der Waals surface area contributed by atoms with Gasteiger partial charge in [-0.05, 0) is 39.0 Å². The fourth-order valence-corrected chi connectivity index (χ4v) is 2.52. The van der Waals surface area contributed by atoms with Crippen LogP contribution in [0, 0.1) is 6.92 Å². The Morgan fingerprint density at radius 1 is 1.08 bits per heavy atom. The van der Waals surface area contributed by atoms with Gasteiger partial charge in [-0.2, -0.15) is 0 Å². The molecule has 3 heterocycles. The lowest BCUT2D eigenvalue weighted by Crippen LogP contribution is -2.07. The number of aryl methyl sites for hydroxylation is 1. The van der Waals surface area contributed by atoms with Crippen LogP contribution in [0.1, 0.15) is 25.1 Å². The third kappa shape index (κ3) is 4.67. The maximum atomic E-state index is 6.23. The van der Waals surface area contributed by atoms with Gasteiger partial charge in [-0.25, -0.2) is 15.0 Å². The molecule has 0 unspecified atom stereocenters. The molecule has 0 atom stereocenters. The van der Waals surface area contributed by atoms with Crippen LogP contribution < -0.4 is 10.1 Å². The lowest BCUT2D eigenvalue weighted by atomic mass is 10.2. The largest absolute Gasteiger partial charge is 0.474 e. The number of hydrogen-bond acceptors (Lipinski definition) is 6. The van der Waals surface area contributed by atoms with Gasteiger partial charge in [-0.3, -0.25) is 4.98 Å². The molecular formula is C19H20ClN5O. The molecule has 0 aliphatic rings. The van der Waals surface area contributed by atoms with Crippen LogP contribution in [-0.2, 0) is 6.54 Å². The van der Waals surface area contributed by atoms with Gasteiger partial charge in [0.25, 0.3) is 0 Å². The molecule has 6 nitrogen and oxygen atoms in total. The van der Waals surface area contributed by atoms with E-state index in [9.17, 15) is 0 Å². The minimum Gasteiger partial charge on any atom is -0.474 e. The maximum Gasteiger partial charge on any atom is 0.232 e. The fraction of sp³-hybridized carbons (Fsp3) is 0.263. The second kappa shape index (κ2) is 8.10. The van der Waals surface area contributed by atoms with Crippen molar-refractivity contribution in [2.75, 3.05) is 5.32 Å². The van der Waals surface area contributed by atoms with Crippen molar-refractivity contribution in [2.24, 2.45) is 0 Å². The molecule has 3 aromatic rings. The zero-order valence-corrected chi connectivity index (χ0v) is 15.7. The van der Waals surface area contributed by atoms with Crippen LogP contribution in [0.5, 0.6) is 5.88 Å². The van der Waals surface area contributed by atoms with Crippen LogP contribution in [0.4, 0.5) is 5.69 Å². The van der Waals surface area contributed by atoms with E-state index in [0.29, 0.717) is 23.3 Å². The molecule has 0 saturated heterocycles. The smallest absolute Gasteiger partial charge is 0.232 e. The molecule has 3 rings (SSSR count). The Balaban J connectivity index is 1.68. The Bertz CT molecular complexity index is 883. The first-order chi connectivity index (χ1) is 12.5. The van der Waals surface area contributed by atoms with Crippen molar-refractivity contribution < 1.29 is 4.74 Å². The Kier molecular flexibility index (Phi) is 5.63. The molecule has 7 heteroatoms. The molecule has 26 heavy (non-hydrogen) atoms. The van der Waals surface area contributed by atoms with Crippen molar-refractivity contribution in [3.8, 4) is 17.3 Å². The highest BCUT2D eigenvalue weighted by atomic mass is 35.5. The van der Waals surface area contributed by atoms with E-state index in [1.807, 2.05) is 32.9 Å². The molecule has 3 aromatic heterocycles. The lowest BCUT2D eigenvalue weighted by Gasteiger charge is -2.11. The van der Waals surface area contributed by atoms with Gasteiger partial charge in [0.2, 0.25) is 5.88 Å². The summed E-state index contributed by atoms with van der Waals surface area (Å²) >= 11 is 6.23. The van der Waals surface area contributed by atoms with Crippen LogP contribution in [0.15, 0.2) is 43.0 Å². The summed E-state index contributed by atoms with van der Waals surface area (Å²) in [6, 6.07) is 5.68. The standard InChI is InChI=1S/C19H20ClN5O/c1-12(2)26-19-17(20)7-15(11-25-19)18-23-9-14(10-24-18)8-22-16-4-5-21-13(3)6-16/h4-7,9-12H,8H2,1-3H3,(H,21,22). The molecule has 0 radical (unpaired) electrons. The first-order valence-corrected chi connectivity index (χ1v) is 8.69. The highest BCUT2D eigenvalue weighted by Gasteiger charge is 2.09. The van der Waals surface area contributed by atoms with Gasteiger partial charge < -0.3 is 10.1 Å². The number of anilines is 1. The molecule has 0 aliphatic heterocycles. The Labute approximate surface area is 157 Å². The molecule has 134 valence electrons. The highest BCUT2D eigenvalue weighted by Crippen LogP contribution is 2.27. The number of rotatable bonds is 6. The number of ether oxygens (including phenoxy) is 1. The third-order valence-corrected chi connectivity index (χ3v) is 3.78. The summed E-state index contributed by atoms with van der Waals surface area (Å²) < 4.78 is 5.54. The van der Waals surface area contributed by atoms with E-state index in [1.54, 1.807) is 30.9 Å². The van der Waals surface area contributed by atoms with Gasteiger partial charge in [0.05, 0.1) is 6.10 Å². The minimum absolute atomic E-state index is 0.0121. The summed E-state index contributed by atoms with van der Waals surface area (Å²) in [7, 11) is 0. The number of nitrogens with zero attached hydrogens (tertiary/aromatic N) is 4. The quantitative estimate of drug-likeness (QED) is 0.698. The zero-order chi connectivity index (χ0) is 18.5. The summed E-state index contributed by atoms with van der Waals surface area (Å²) in [6.45, 7) is 6.44. The zero-order valence-electron chi connectivity index (χ0n) is 14.9. The van der Waals surface area contributed by atoms with Crippen molar-refractivity contribution in [2.45, 2.75) is 33.4 Å². The summed E-state index contributed by atoms with van der Waals surface area (Å²) in [5, 5.41) is 3.77. The van der Waals surface area contributed by atoms with Crippen molar-refractivity contribution >= 4 is 17.3 Å². The second-order valence-electron chi connectivity index (χ2n) is 6.13. The van der Waals surface area contributed by atoms with E-state index in [1.165, 1.54) is 0 Å². The number of pyridine rings is 2. The molecule has 0 bridgehead atoms. The Hall–Kier alpha value is -2.73. The van der Waals surface area contributed by atoms with Gasteiger partial charge in [-0.1, -0.05) is 11.6 Å². The summed E-state index contributed by atoms with van der Waals surface area (Å²) in [6.07, 6.45) is 7.03. The van der Waals surface area contributed by atoms with E-state index in [0.717, 1.165) is 22.5 Å². The van der Waals surface area contributed by atoms with Gasteiger partial charge in [0, 0.05) is 53.8 Å². The van der Waals surface area contributed by atoms with Crippen molar-refractivity contribution in [3.05, 3.63) is 59.3 Å². The number of hydrogen-bond donors (Lipinski definition) is 1. The third-order valence-electron chi connectivity index (χ3n) is 3.51. The SMILES string of the molecule is Cc1cc(NCc2cnc(-c3cnc(OC(C)C)c(Cl)c3)nc2)ccn1. The van der Waals surface area contributed by atoms with Crippen LogP contribution in [-0.4, -0.2) is 26.0 Å². The molecular weight excluding hydrogens is 350 g/mol. The molecule has 0 saturated carbocycles. The molecule has 0 aromatic carbocycles. The fourth-order valence-electron chi connectivity index (χ4n) is 2.31. The van der Waals surface area contributed by atoms with Crippen molar-refractivity contribution in [1.82, 2.24) is 19.9 Å². The predicted octanol–water partition coefficient (Wildman–Crippen LogP) is 4.29. The summed E-state index contributed by atoms with van der Waals surface area (Å²) in [5.41, 5.74) is 3.70.